The van der Waals surface area contributed by atoms with Crippen molar-refractivity contribution in [1.82, 2.24) is 15.1 Å². The van der Waals surface area contributed by atoms with Gasteiger partial charge in [0.25, 0.3) is 6.43 Å². The van der Waals surface area contributed by atoms with E-state index >= 15 is 0 Å². The van der Waals surface area contributed by atoms with Gasteiger partial charge >= 0.3 is 5.97 Å². The lowest BCUT2D eigenvalue weighted by atomic mass is 9.94. The van der Waals surface area contributed by atoms with Crippen LogP contribution in [-0.2, 0) is 20.7 Å². The van der Waals surface area contributed by atoms with Gasteiger partial charge < -0.3 is 26.0 Å². The number of nitrogens with zero attached hydrogens (tertiary/aromatic N) is 3. The van der Waals surface area contributed by atoms with E-state index in [1.807, 2.05) is 20.8 Å². The van der Waals surface area contributed by atoms with Gasteiger partial charge in [-0.15, -0.1) is 0 Å². The minimum atomic E-state index is -2.71. The lowest BCUT2D eigenvalue weighted by Crippen LogP contribution is -2.45. The second-order valence-electron chi connectivity index (χ2n) is 12.3. The van der Waals surface area contributed by atoms with E-state index in [9.17, 15) is 18.4 Å². The molecule has 2 rings (SSSR count). The Balaban J connectivity index is 2.00. The number of nitrogens with one attached hydrogen (secondary N) is 2. The molecule has 0 aromatic heterocycles. The Morgan fingerprint density at radius 1 is 1.27 bits per heavy atom. The van der Waals surface area contributed by atoms with Crippen molar-refractivity contribution in [2.75, 3.05) is 45.2 Å². The van der Waals surface area contributed by atoms with Gasteiger partial charge in [0.05, 0.1) is 13.2 Å². The molecule has 1 aromatic carbocycles. The van der Waals surface area contributed by atoms with E-state index in [1.165, 1.54) is 25.4 Å². The molecule has 0 bridgehead atoms. The van der Waals surface area contributed by atoms with Crippen LogP contribution in [0.15, 0.2) is 35.6 Å². The normalized spacial score (nSPS) is 15.1. The molecule has 0 radical (unpaired) electrons. The summed E-state index contributed by atoms with van der Waals surface area (Å²) in [6.07, 6.45) is 4.85. The maximum absolute atomic E-state index is 14.1. The van der Waals surface area contributed by atoms with Crippen molar-refractivity contribution in [2.24, 2.45) is 10.7 Å². The van der Waals surface area contributed by atoms with Crippen molar-refractivity contribution in [2.45, 2.75) is 91.2 Å². The number of anilines is 1. The summed E-state index contributed by atoms with van der Waals surface area (Å²) in [5.74, 6) is -0.345. The van der Waals surface area contributed by atoms with Crippen molar-refractivity contribution in [3.63, 3.8) is 0 Å². The first-order chi connectivity index (χ1) is 20.8. The van der Waals surface area contributed by atoms with Crippen LogP contribution in [0.1, 0.15) is 89.8 Å². The molecule has 11 heteroatoms. The highest BCUT2D eigenvalue weighted by Crippen LogP contribution is 2.33. The summed E-state index contributed by atoms with van der Waals surface area (Å²) in [6.45, 7) is 15.7. The van der Waals surface area contributed by atoms with Gasteiger partial charge in [-0.05, 0) is 69.7 Å². The largest absolute Gasteiger partial charge is 0.459 e. The molecule has 44 heavy (non-hydrogen) atoms. The van der Waals surface area contributed by atoms with E-state index in [-0.39, 0.29) is 36.7 Å². The number of carbonyl (C=O) groups excluding carboxylic acids is 2. The molecule has 1 heterocycles. The molecule has 0 saturated carbocycles. The number of ether oxygens (including phenoxy) is 1. The number of carbonyl (C=O) groups is 2. The molecule has 1 amide bonds. The number of aliphatic imine (C=N–C) groups is 1. The maximum Gasteiger partial charge on any atom is 0.320 e. The minimum absolute atomic E-state index is 0.130. The van der Waals surface area contributed by atoms with E-state index in [2.05, 4.69) is 34.0 Å². The average molecular weight is 619 g/mol. The summed E-state index contributed by atoms with van der Waals surface area (Å²) in [6, 6.07) is 3.45. The monoisotopic (exact) mass is 618 g/mol. The van der Waals surface area contributed by atoms with E-state index in [1.54, 1.807) is 18.0 Å². The second kappa shape index (κ2) is 17.7. The van der Waals surface area contributed by atoms with Gasteiger partial charge in [0.2, 0.25) is 5.91 Å². The number of amides is 1. The van der Waals surface area contributed by atoms with Crippen molar-refractivity contribution < 1.29 is 23.1 Å². The van der Waals surface area contributed by atoms with E-state index in [4.69, 9.17) is 10.5 Å². The molecule has 9 nitrogen and oxygen atoms in total. The van der Waals surface area contributed by atoms with E-state index in [0.29, 0.717) is 36.2 Å². The van der Waals surface area contributed by atoms with Gasteiger partial charge in [0, 0.05) is 81.0 Å². The third kappa shape index (κ3) is 12.3. The van der Waals surface area contributed by atoms with Gasteiger partial charge in [0.1, 0.15) is 5.60 Å². The number of nitrogens with two attached hydrogens (primary N) is 1. The van der Waals surface area contributed by atoms with Gasteiger partial charge in [-0.1, -0.05) is 19.9 Å². The zero-order valence-corrected chi connectivity index (χ0v) is 27.3. The first-order valence-electron chi connectivity index (χ1n) is 15.4. The van der Waals surface area contributed by atoms with Crippen LogP contribution in [0.25, 0.3) is 5.57 Å². The molecule has 0 spiro atoms. The lowest BCUT2D eigenvalue weighted by molar-refractivity contribution is -0.156. The van der Waals surface area contributed by atoms with Crippen LogP contribution in [0.5, 0.6) is 0 Å². The summed E-state index contributed by atoms with van der Waals surface area (Å²) in [4.78, 5) is 32.4. The molecular weight excluding hydrogens is 566 g/mol. The molecule has 1 aliphatic rings. The van der Waals surface area contributed by atoms with E-state index < -0.39 is 12.0 Å². The number of alkyl halides is 2. The van der Waals surface area contributed by atoms with Gasteiger partial charge in [-0.2, -0.15) is 0 Å². The van der Waals surface area contributed by atoms with Crippen LogP contribution in [-0.4, -0.2) is 79.4 Å². The molecule has 1 fully saturated rings. The molecule has 246 valence electrons. The Hall–Kier alpha value is -3.47. The third-order valence-corrected chi connectivity index (χ3v) is 7.43. The minimum Gasteiger partial charge on any atom is -0.459 e. The number of hydrogen-bond donors (Lipinski definition) is 3. The highest BCUT2D eigenvalue weighted by atomic mass is 19.3. The topological polar surface area (TPSA) is 112 Å². The highest BCUT2D eigenvalue weighted by Gasteiger charge is 2.24. The van der Waals surface area contributed by atoms with Crippen molar-refractivity contribution in [3.05, 3.63) is 47.3 Å². The fourth-order valence-corrected chi connectivity index (χ4v) is 5.12. The predicted molar refractivity (Wildman–Crippen MR) is 175 cm³/mol. The number of likely N-dealkylation sites (tertiary alicyclic amines) is 1. The molecule has 0 aliphatic carbocycles. The fraction of sp³-hybridized carbons (Fsp3) is 0.606. The summed E-state index contributed by atoms with van der Waals surface area (Å²) in [5.41, 5.74) is 8.17. The fourth-order valence-electron chi connectivity index (χ4n) is 5.12. The van der Waals surface area contributed by atoms with Crippen molar-refractivity contribution in [3.8, 4) is 0 Å². The molecule has 1 aliphatic heterocycles. The molecule has 0 unspecified atom stereocenters. The Morgan fingerprint density at radius 2 is 1.95 bits per heavy atom. The van der Waals surface area contributed by atoms with Gasteiger partial charge in [-0.25, -0.2) is 8.78 Å². The summed E-state index contributed by atoms with van der Waals surface area (Å²) in [5, 5.41) is 6.73. The first-order valence-corrected chi connectivity index (χ1v) is 15.4. The van der Waals surface area contributed by atoms with Gasteiger partial charge in [-0.3, -0.25) is 19.5 Å². The van der Waals surface area contributed by atoms with Crippen LogP contribution < -0.4 is 16.4 Å². The van der Waals surface area contributed by atoms with Crippen LogP contribution in [0.3, 0.4) is 0 Å². The van der Waals surface area contributed by atoms with Crippen LogP contribution in [0.2, 0.25) is 0 Å². The Morgan fingerprint density at radius 3 is 2.50 bits per heavy atom. The number of hydrogen-bond acceptors (Lipinski definition) is 8. The maximum atomic E-state index is 14.1. The number of halogens is 2. The highest BCUT2D eigenvalue weighted by molar-refractivity contribution is 6.10. The third-order valence-electron chi connectivity index (χ3n) is 7.43. The first kappa shape index (κ1) is 36.7. The number of allylic oxidation sites excluding steroid dienone is 1. The molecule has 0 atom stereocenters. The standard InChI is InChI=1S/C33H52F2N6O3/c1-8-9-10-25-17-28(26(19-36)20-37-7)29(32(34)35)18-30(25)38-22-41(24(3)42)16-11-23(2)39-27-12-14-40(15-13-27)21-31(43)44-33(4,5)6/h17-20,27,32,38-39H,2,8-16,21-22,36H2,1,3-7H3. The van der Waals surface area contributed by atoms with Crippen molar-refractivity contribution in [1.29, 1.82) is 0 Å². The molecule has 1 saturated heterocycles. The zero-order chi connectivity index (χ0) is 32.9. The number of aryl methyl sites for hydroxylation is 1. The number of piperidine rings is 1. The quantitative estimate of drug-likeness (QED) is 0.128. The Bertz CT molecular complexity index is 1170. The lowest BCUT2D eigenvalue weighted by Gasteiger charge is -2.33. The van der Waals surface area contributed by atoms with Crippen molar-refractivity contribution >= 4 is 29.4 Å². The van der Waals surface area contributed by atoms with Crippen LogP contribution in [0.4, 0.5) is 14.5 Å². The Labute approximate surface area is 262 Å². The molecule has 4 N–H and O–H groups in total. The number of esters is 1. The second-order valence-corrected chi connectivity index (χ2v) is 12.3. The number of rotatable bonds is 16. The summed E-state index contributed by atoms with van der Waals surface area (Å²) >= 11 is 0. The average Bonchev–Trinajstić information content (AvgIpc) is 2.94. The molecular formula is C33H52F2N6O3. The SMILES string of the molecule is C=C(CCN(CNc1cc(C(F)F)c(C(C=NC)=CN)cc1CCCC)C(C)=O)NC1CCN(CC(=O)OC(C)(C)C)CC1. The smallest absolute Gasteiger partial charge is 0.320 e. The summed E-state index contributed by atoms with van der Waals surface area (Å²) < 4.78 is 33.7. The summed E-state index contributed by atoms with van der Waals surface area (Å²) in [7, 11) is 1.57. The number of benzene rings is 1. The zero-order valence-electron chi connectivity index (χ0n) is 27.3. The van der Waals surface area contributed by atoms with Crippen LogP contribution in [0, 0.1) is 0 Å². The number of unbranched alkanes of at least 4 members (excludes halogenated alkanes) is 1. The van der Waals surface area contributed by atoms with E-state index in [0.717, 1.165) is 50.0 Å². The van der Waals surface area contributed by atoms with Gasteiger partial charge in [0.15, 0.2) is 0 Å². The molecule has 1 aromatic rings. The predicted octanol–water partition coefficient (Wildman–Crippen LogP) is 5.48. The van der Waals surface area contributed by atoms with Crippen LogP contribution >= 0.6 is 0 Å². The Kier molecular flexibility index (Phi) is 14.8.